The van der Waals surface area contributed by atoms with Gasteiger partial charge < -0.3 is 9.84 Å². The van der Waals surface area contributed by atoms with Gasteiger partial charge in [-0.05, 0) is 32.6 Å². The number of hydrogen-bond donors (Lipinski definition) is 1. The van der Waals surface area contributed by atoms with Crippen LogP contribution in [-0.2, 0) is 0 Å². The quantitative estimate of drug-likeness (QED) is 0.804. The number of hydrogen-bond acceptors (Lipinski definition) is 4. The highest BCUT2D eigenvalue weighted by molar-refractivity contribution is 5.20. The van der Waals surface area contributed by atoms with Crippen LogP contribution in [0.4, 0.5) is 6.01 Å². The van der Waals surface area contributed by atoms with Gasteiger partial charge >= 0.3 is 6.01 Å². The fourth-order valence-electron chi connectivity index (χ4n) is 2.13. The van der Waals surface area contributed by atoms with Gasteiger partial charge in [0.05, 0.1) is 0 Å². The Hall–Kier alpha value is -1.06. The molecule has 1 aliphatic carbocycles. The molecule has 0 bridgehead atoms. The summed E-state index contributed by atoms with van der Waals surface area (Å²) in [6.45, 7) is 4.02. The molecule has 0 aromatic carbocycles. The minimum Gasteiger partial charge on any atom is -0.335 e. The summed E-state index contributed by atoms with van der Waals surface area (Å²) < 4.78 is 5.02. The van der Waals surface area contributed by atoms with E-state index in [0.29, 0.717) is 17.9 Å². The highest BCUT2D eigenvalue weighted by Crippen LogP contribution is 2.28. The summed E-state index contributed by atoms with van der Waals surface area (Å²) in [6.07, 6.45) is 5.36. The number of rotatable bonds is 3. The Labute approximate surface area is 84.1 Å². The van der Waals surface area contributed by atoms with Crippen molar-refractivity contribution in [2.45, 2.75) is 45.6 Å². The molecule has 2 rings (SSSR count). The van der Waals surface area contributed by atoms with E-state index in [2.05, 4.69) is 22.4 Å². The average molecular weight is 195 g/mol. The lowest BCUT2D eigenvalue weighted by atomic mass is 10.0. The lowest BCUT2D eigenvalue weighted by Crippen LogP contribution is -2.23. The molecule has 0 amide bonds. The third kappa shape index (κ3) is 2.05. The summed E-state index contributed by atoms with van der Waals surface area (Å²) in [7, 11) is 0. The first-order valence-corrected chi connectivity index (χ1v) is 5.32. The largest absolute Gasteiger partial charge is 0.335 e. The zero-order valence-corrected chi connectivity index (χ0v) is 8.79. The maximum absolute atomic E-state index is 5.02. The Balaban J connectivity index is 1.90. The normalized spacial score (nSPS) is 19.9. The lowest BCUT2D eigenvalue weighted by molar-refractivity contribution is 0.407. The van der Waals surface area contributed by atoms with Crippen molar-refractivity contribution in [3.05, 3.63) is 5.82 Å². The fraction of sp³-hybridized carbons (Fsp3) is 0.800. The Morgan fingerprint density at radius 3 is 2.71 bits per heavy atom. The number of anilines is 1. The van der Waals surface area contributed by atoms with E-state index in [0.717, 1.165) is 5.92 Å². The molecule has 1 aromatic heterocycles. The van der Waals surface area contributed by atoms with Crippen molar-refractivity contribution in [2.24, 2.45) is 5.92 Å². The number of nitrogens with one attached hydrogen (secondary N) is 1. The zero-order valence-electron chi connectivity index (χ0n) is 8.79. The summed E-state index contributed by atoms with van der Waals surface area (Å²) in [5.41, 5.74) is 0. The second-order valence-electron chi connectivity index (χ2n) is 4.12. The van der Waals surface area contributed by atoms with E-state index in [9.17, 15) is 0 Å². The van der Waals surface area contributed by atoms with Crippen LogP contribution in [0, 0.1) is 12.8 Å². The molecule has 1 heterocycles. The number of nitrogens with zero attached hydrogens (tertiary/aromatic N) is 2. The van der Waals surface area contributed by atoms with Gasteiger partial charge in [0.15, 0.2) is 5.82 Å². The Morgan fingerprint density at radius 2 is 2.14 bits per heavy atom. The Morgan fingerprint density at radius 1 is 1.43 bits per heavy atom. The van der Waals surface area contributed by atoms with Gasteiger partial charge in [0, 0.05) is 6.04 Å². The molecule has 4 nitrogen and oxygen atoms in total. The molecule has 0 spiro atoms. The third-order valence-electron chi connectivity index (χ3n) is 2.99. The van der Waals surface area contributed by atoms with E-state index >= 15 is 0 Å². The Kier molecular flexibility index (Phi) is 2.70. The molecular formula is C10H17N3O. The molecule has 0 aliphatic heterocycles. The Bertz CT molecular complexity index is 291. The van der Waals surface area contributed by atoms with Crippen molar-refractivity contribution < 1.29 is 4.52 Å². The van der Waals surface area contributed by atoms with Gasteiger partial charge in [0.2, 0.25) is 0 Å². The first-order valence-electron chi connectivity index (χ1n) is 5.32. The van der Waals surface area contributed by atoms with Crippen LogP contribution in [0.1, 0.15) is 38.4 Å². The van der Waals surface area contributed by atoms with Crippen LogP contribution in [0.3, 0.4) is 0 Å². The summed E-state index contributed by atoms with van der Waals surface area (Å²) in [4.78, 5) is 4.13. The van der Waals surface area contributed by atoms with E-state index < -0.39 is 0 Å². The van der Waals surface area contributed by atoms with Gasteiger partial charge in [-0.2, -0.15) is 4.98 Å². The van der Waals surface area contributed by atoms with E-state index in [4.69, 9.17) is 4.52 Å². The molecule has 4 heteroatoms. The molecular weight excluding hydrogens is 178 g/mol. The minimum atomic E-state index is 0.442. The molecule has 0 radical (unpaired) electrons. The highest BCUT2D eigenvalue weighted by Gasteiger charge is 2.22. The molecule has 14 heavy (non-hydrogen) atoms. The minimum absolute atomic E-state index is 0.442. The van der Waals surface area contributed by atoms with Crippen molar-refractivity contribution in [3.8, 4) is 0 Å². The molecule has 0 saturated heterocycles. The number of aromatic nitrogens is 2. The van der Waals surface area contributed by atoms with Crippen LogP contribution in [-0.4, -0.2) is 16.2 Å². The SMILES string of the molecule is Cc1noc(NC(C)C2CCCC2)n1. The van der Waals surface area contributed by atoms with E-state index in [1.165, 1.54) is 25.7 Å². The van der Waals surface area contributed by atoms with Crippen LogP contribution in [0.25, 0.3) is 0 Å². The van der Waals surface area contributed by atoms with Gasteiger partial charge in [-0.3, -0.25) is 0 Å². The second-order valence-corrected chi connectivity index (χ2v) is 4.12. The zero-order chi connectivity index (χ0) is 9.97. The van der Waals surface area contributed by atoms with Gasteiger partial charge in [0.1, 0.15) is 0 Å². The van der Waals surface area contributed by atoms with Crippen LogP contribution < -0.4 is 5.32 Å². The molecule has 1 saturated carbocycles. The predicted octanol–water partition coefficient (Wildman–Crippen LogP) is 2.37. The topological polar surface area (TPSA) is 51.0 Å². The molecule has 1 N–H and O–H groups in total. The lowest BCUT2D eigenvalue weighted by Gasteiger charge is -2.18. The maximum Gasteiger partial charge on any atom is 0.321 e. The van der Waals surface area contributed by atoms with Crippen LogP contribution in [0.2, 0.25) is 0 Å². The predicted molar refractivity (Wildman–Crippen MR) is 54.1 cm³/mol. The van der Waals surface area contributed by atoms with Crippen molar-refractivity contribution >= 4 is 6.01 Å². The van der Waals surface area contributed by atoms with Crippen molar-refractivity contribution in [1.82, 2.24) is 10.1 Å². The molecule has 78 valence electrons. The van der Waals surface area contributed by atoms with Gasteiger partial charge in [-0.25, -0.2) is 0 Å². The van der Waals surface area contributed by atoms with Gasteiger partial charge in [-0.15, -0.1) is 0 Å². The number of aryl methyl sites for hydroxylation is 1. The van der Waals surface area contributed by atoms with E-state index in [1.807, 2.05) is 6.92 Å². The van der Waals surface area contributed by atoms with Crippen molar-refractivity contribution in [3.63, 3.8) is 0 Å². The van der Waals surface area contributed by atoms with Gasteiger partial charge in [0.25, 0.3) is 0 Å². The van der Waals surface area contributed by atoms with Gasteiger partial charge in [-0.1, -0.05) is 18.0 Å². The summed E-state index contributed by atoms with van der Waals surface area (Å²) >= 11 is 0. The molecule has 1 unspecified atom stereocenters. The molecule has 1 aromatic rings. The first-order chi connectivity index (χ1) is 6.75. The standard InChI is InChI=1S/C10H17N3O/c1-7(9-5-3-4-6-9)11-10-12-8(2)13-14-10/h7,9H,3-6H2,1-2H3,(H,11,12,13). The summed E-state index contributed by atoms with van der Waals surface area (Å²) in [6, 6.07) is 0.999. The summed E-state index contributed by atoms with van der Waals surface area (Å²) in [5, 5.41) is 7.01. The van der Waals surface area contributed by atoms with Crippen LogP contribution >= 0.6 is 0 Å². The molecule has 1 aliphatic rings. The second kappa shape index (κ2) is 3.98. The fourth-order valence-corrected chi connectivity index (χ4v) is 2.13. The molecule has 1 fully saturated rings. The smallest absolute Gasteiger partial charge is 0.321 e. The maximum atomic E-state index is 5.02. The highest BCUT2D eigenvalue weighted by atomic mass is 16.5. The summed E-state index contributed by atoms with van der Waals surface area (Å²) in [5.74, 6) is 1.45. The van der Waals surface area contributed by atoms with Crippen LogP contribution in [0.15, 0.2) is 4.52 Å². The van der Waals surface area contributed by atoms with Crippen LogP contribution in [0.5, 0.6) is 0 Å². The van der Waals surface area contributed by atoms with Crippen molar-refractivity contribution in [2.75, 3.05) is 5.32 Å². The molecule has 1 atom stereocenters. The van der Waals surface area contributed by atoms with E-state index in [1.54, 1.807) is 0 Å². The van der Waals surface area contributed by atoms with Crippen molar-refractivity contribution in [1.29, 1.82) is 0 Å². The monoisotopic (exact) mass is 195 g/mol. The average Bonchev–Trinajstić information content (AvgIpc) is 2.75. The first kappa shape index (κ1) is 9.49. The van der Waals surface area contributed by atoms with E-state index in [-0.39, 0.29) is 0 Å². The third-order valence-corrected chi connectivity index (χ3v) is 2.99.